The van der Waals surface area contributed by atoms with E-state index >= 15 is 0 Å². The zero-order valence-electron chi connectivity index (χ0n) is 12.9. The number of β-amino-alcohol motifs (C(OH)–C–C–N with tert-alkyl or cyclic N) is 1. The number of hydrogen-bond donors (Lipinski definition) is 1. The van der Waals surface area contributed by atoms with Gasteiger partial charge in [0, 0.05) is 25.6 Å². The van der Waals surface area contributed by atoms with Gasteiger partial charge in [0.25, 0.3) is 0 Å². The number of nitrogens with zero attached hydrogens (tertiary/aromatic N) is 1. The molecule has 0 aromatic heterocycles. The molecule has 3 aliphatic rings. The summed E-state index contributed by atoms with van der Waals surface area (Å²) in [5, 5.41) is 9.97. The minimum absolute atomic E-state index is 0.0232. The lowest BCUT2D eigenvalue weighted by Gasteiger charge is -2.46. The van der Waals surface area contributed by atoms with E-state index in [9.17, 15) is 9.90 Å². The van der Waals surface area contributed by atoms with Crippen LogP contribution in [0.5, 0.6) is 0 Å². The van der Waals surface area contributed by atoms with Crippen LogP contribution >= 0.6 is 0 Å². The van der Waals surface area contributed by atoms with Gasteiger partial charge in [-0.3, -0.25) is 9.69 Å². The number of aliphatic hydroxyl groups excluding tert-OH is 1. The number of carbonyl (C=O) groups is 1. The van der Waals surface area contributed by atoms with E-state index in [1.165, 1.54) is 26.4 Å². The van der Waals surface area contributed by atoms with Crippen LogP contribution in [0.1, 0.15) is 51.4 Å². The first-order valence-electron chi connectivity index (χ1n) is 8.29. The molecule has 1 spiro atoms. The highest BCUT2D eigenvalue weighted by Crippen LogP contribution is 2.41. The molecule has 1 aliphatic carbocycles. The molecule has 5 nitrogen and oxygen atoms in total. The summed E-state index contributed by atoms with van der Waals surface area (Å²) < 4.78 is 11.1. The summed E-state index contributed by atoms with van der Waals surface area (Å²) in [5.41, 5.74) is 0.0232. The highest BCUT2D eigenvalue weighted by Gasteiger charge is 2.46. The molecule has 3 fully saturated rings. The molecule has 5 heteroatoms. The zero-order valence-corrected chi connectivity index (χ0v) is 12.9. The summed E-state index contributed by atoms with van der Waals surface area (Å²) in [7, 11) is 1.43. The van der Waals surface area contributed by atoms with Gasteiger partial charge in [-0.05, 0) is 25.7 Å². The second-order valence-electron chi connectivity index (χ2n) is 6.86. The average molecular weight is 297 g/mol. The molecule has 0 radical (unpaired) electrons. The van der Waals surface area contributed by atoms with Gasteiger partial charge < -0.3 is 14.6 Å². The Labute approximate surface area is 126 Å². The van der Waals surface area contributed by atoms with E-state index in [-0.39, 0.29) is 17.6 Å². The lowest BCUT2D eigenvalue weighted by Crippen LogP contribution is -2.52. The van der Waals surface area contributed by atoms with Crippen molar-refractivity contribution in [3.63, 3.8) is 0 Å². The summed E-state index contributed by atoms with van der Waals surface area (Å²) in [6, 6.07) is 0.0480. The first-order chi connectivity index (χ1) is 10.1. The maximum absolute atomic E-state index is 12.0. The Balaban J connectivity index is 1.71. The van der Waals surface area contributed by atoms with Gasteiger partial charge in [0.05, 0.1) is 18.8 Å². The monoisotopic (exact) mass is 297 g/mol. The van der Waals surface area contributed by atoms with Crippen molar-refractivity contribution in [2.24, 2.45) is 0 Å². The molecule has 0 bridgehead atoms. The van der Waals surface area contributed by atoms with Crippen LogP contribution in [-0.2, 0) is 14.3 Å². The number of methoxy groups -OCH3 is 1. The Morgan fingerprint density at radius 1 is 1.33 bits per heavy atom. The largest absolute Gasteiger partial charge is 0.468 e. The van der Waals surface area contributed by atoms with Crippen LogP contribution in [0, 0.1) is 0 Å². The topological polar surface area (TPSA) is 59.0 Å². The first-order valence-corrected chi connectivity index (χ1v) is 8.29. The van der Waals surface area contributed by atoms with E-state index in [1.54, 1.807) is 0 Å². The quantitative estimate of drug-likeness (QED) is 0.782. The van der Waals surface area contributed by atoms with Crippen LogP contribution in [0.15, 0.2) is 0 Å². The molecule has 21 heavy (non-hydrogen) atoms. The van der Waals surface area contributed by atoms with Crippen LogP contribution in [0.4, 0.5) is 0 Å². The number of rotatable bonds is 2. The minimum Gasteiger partial charge on any atom is -0.468 e. The highest BCUT2D eigenvalue weighted by atomic mass is 16.5. The van der Waals surface area contributed by atoms with Crippen LogP contribution in [0.2, 0.25) is 0 Å². The fourth-order valence-corrected chi connectivity index (χ4v) is 4.44. The molecule has 3 atom stereocenters. The Kier molecular flexibility index (Phi) is 4.52. The van der Waals surface area contributed by atoms with Crippen molar-refractivity contribution in [3.05, 3.63) is 0 Å². The fraction of sp³-hybridized carbons (Fsp3) is 0.938. The van der Waals surface area contributed by atoms with E-state index < -0.39 is 6.10 Å². The average Bonchev–Trinajstić information content (AvgIpc) is 2.89. The summed E-state index contributed by atoms with van der Waals surface area (Å²) in [4.78, 5) is 14.2. The van der Waals surface area contributed by atoms with Crippen molar-refractivity contribution < 1.29 is 19.4 Å². The van der Waals surface area contributed by atoms with E-state index in [0.717, 1.165) is 32.3 Å². The SMILES string of the molecule is COC(=O)C1CC(O)CN1C1CCOC2(CCCCC2)C1. The molecule has 2 saturated heterocycles. The molecule has 0 aromatic rings. The number of aliphatic hydroxyl groups is 1. The van der Waals surface area contributed by atoms with Gasteiger partial charge in [-0.2, -0.15) is 0 Å². The Bertz CT molecular complexity index is 375. The standard InChI is InChI=1S/C16H27NO4/c1-20-15(19)14-9-13(18)11-17(14)12-5-8-21-16(10-12)6-3-2-4-7-16/h12-14,18H,2-11H2,1H3. The van der Waals surface area contributed by atoms with Crippen molar-refractivity contribution in [3.8, 4) is 0 Å². The third-order valence-corrected chi connectivity index (χ3v) is 5.49. The van der Waals surface area contributed by atoms with Gasteiger partial charge >= 0.3 is 5.97 Å². The number of esters is 1. The van der Waals surface area contributed by atoms with Crippen molar-refractivity contribution >= 4 is 5.97 Å². The number of carbonyl (C=O) groups excluding carboxylic acids is 1. The molecule has 120 valence electrons. The van der Waals surface area contributed by atoms with Crippen molar-refractivity contribution in [2.75, 3.05) is 20.3 Å². The summed E-state index contributed by atoms with van der Waals surface area (Å²) in [5.74, 6) is -0.212. The van der Waals surface area contributed by atoms with Gasteiger partial charge in [0.1, 0.15) is 6.04 Å². The predicted octanol–water partition coefficient (Wildman–Crippen LogP) is 1.48. The van der Waals surface area contributed by atoms with Gasteiger partial charge in [-0.15, -0.1) is 0 Å². The first kappa shape index (κ1) is 15.3. The molecular weight excluding hydrogens is 270 g/mol. The molecule has 1 saturated carbocycles. The molecule has 0 aromatic carbocycles. The molecule has 1 N–H and O–H groups in total. The maximum Gasteiger partial charge on any atom is 0.323 e. The van der Waals surface area contributed by atoms with Gasteiger partial charge in [-0.25, -0.2) is 0 Å². The van der Waals surface area contributed by atoms with Gasteiger partial charge in [0.15, 0.2) is 0 Å². The van der Waals surface area contributed by atoms with E-state index in [1.807, 2.05) is 0 Å². The number of likely N-dealkylation sites (tertiary alicyclic amines) is 1. The Morgan fingerprint density at radius 3 is 2.81 bits per heavy atom. The second kappa shape index (κ2) is 6.23. The van der Waals surface area contributed by atoms with Crippen molar-refractivity contribution in [2.45, 2.75) is 75.2 Å². The predicted molar refractivity (Wildman–Crippen MR) is 77.9 cm³/mol. The van der Waals surface area contributed by atoms with Crippen LogP contribution in [-0.4, -0.2) is 60.0 Å². The van der Waals surface area contributed by atoms with Crippen LogP contribution in [0.25, 0.3) is 0 Å². The molecule has 2 heterocycles. The fourth-order valence-electron chi connectivity index (χ4n) is 4.44. The van der Waals surface area contributed by atoms with Crippen LogP contribution < -0.4 is 0 Å². The summed E-state index contributed by atoms with van der Waals surface area (Å²) >= 11 is 0. The third kappa shape index (κ3) is 3.10. The van der Waals surface area contributed by atoms with E-state index in [0.29, 0.717) is 19.0 Å². The Morgan fingerprint density at radius 2 is 2.10 bits per heavy atom. The molecule has 2 aliphatic heterocycles. The Hall–Kier alpha value is -0.650. The van der Waals surface area contributed by atoms with Crippen LogP contribution in [0.3, 0.4) is 0 Å². The molecule has 3 unspecified atom stereocenters. The second-order valence-corrected chi connectivity index (χ2v) is 6.86. The summed E-state index contributed by atoms with van der Waals surface area (Å²) in [6.07, 6.45) is 8.10. The molecule has 0 amide bonds. The number of hydrogen-bond acceptors (Lipinski definition) is 5. The van der Waals surface area contributed by atoms with E-state index in [4.69, 9.17) is 9.47 Å². The molecule has 3 rings (SSSR count). The van der Waals surface area contributed by atoms with Crippen molar-refractivity contribution in [1.29, 1.82) is 0 Å². The maximum atomic E-state index is 12.0. The zero-order chi connectivity index (χ0) is 14.9. The normalized spacial score (nSPS) is 36.8. The lowest BCUT2D eigenvalue weighted by molar-refractivity contribution is -0.152. The number of ether oxygens (including phenoxy) is 2. The summed E-state index contributed by atoms with van der Waals surface area (Å²) in [6.45, 7) is 1.35. The minimum atomic E-state index is -0.417. The van der Waals surface area contributed by atoms with E-state index in [2.05, 4.69) is 4.90 Å². The smallest absolute Gasteiger partial charge is 0.323 e. The van der Waals surface area contributed by atoms with Gasteiger partial charge in [-0.1, -0.05) is 19.3 Å². The highest BCUT2D eigenvalue weighted by molar-refractivity contribution is 5.76. The van der Waals surface area contributed by atoms with Crippen molar-refractivity contribution in [1.82, 2.24) is 4.90 Å². The molecular formula is C16H27NO4. The third-order valence-electron chi connectivity index (χ3n) is 5.49. The lowest BCUT2D eigenvalue weighted by atomic mass is 9.78. The van der Waals surface area contributed by atoms with Gasteiger partial charge in [0.2, 0.25) is 0 Å².